The number of amides is 1. The molecule has 1 amide bonds. The molecule has 6 heteroatoms. The van der Waals surface area contributed by atoms with E-state index in [1.54, 1.807) is 41.3 Å². The number of carboxylic acids is 1. The van der Waals surface area contributed by atoms with Crippen molar-refractivity contribution in [1.82, 2.24) is 5.32 Å². The Morgan fingerprint density at radius 2 is 1.83 bits per heavy atom. The number of benzene rings is 2. The fourth-order valence-corrected chi connectivity index (χ4v) is 2.88. The van der Waals surface area contributed by atoms with Crippen LogP contribution < -0.4 is 10.2 Å². The van der Waals surface area contributed by atoms with Crippen LogP contribution in [-0.2, 0) is 11.3 Å². The topological polar surface area (TPSA) is 69.6 Å². The van der Waals surface area contributed by atoms with Gasteiger partial charge in [0, 0.05) is 23.8 Å². The van der Waals surface area contributed by atoms with E-state index in [4.69, 9.17) is 16.7 Å². The van der Waals surface area contributed by atoms with E-state index in [0.29, 0.717) is 18.1 Å². The molecule has 0 bridgehead atoms. The summed E-state index contributed by atoms with van der Waals surface area (Å²) in [6.07, 6.45) is 0.731. The first-order valence-electron chi connectivity index (χ1n) is 7.67. The SMILES string of the molecule is O=C(O)c1ccc(CNC2CCN(c3ccc(Cl)cc3)C2=O)cc1. The maximum atomic E-state index is 12.5. The van der Waals surface area contributed by atoms with Crippen molar-refractivity contribution in [2.24, 2.45) is 0 Å². The summed E-state index contributed by atoms with van der Waals surface area (Å²) >= 11 is 5.88. The van der Waals surface area contributed by atoms with Crippen LogP contribution in [0.3, 0.4) is 0 Å². The van der Waals surface area contributed by atoms with Crippen molar-refractivity contribution in [2.75, 3.05) is 11.4 Å². The molecule has 124 valence electrons. The van der Waals surface area contributed by atoms with Gasteiger partial charge in [0.1, 0.15) is 0 Å². The maximum absolute atomic E-state index is 12.5. The van der Waals surface area contributed by atoms with Gasteiger partial charge in [0.15, 0.2) is 0 Å². The summed E-state index contributed by atoms with van der Waals surface area (Å²) in [6.45, 7) is 1.18. The van der Waals surface area contributed by atoms with Crippen LogP contribution >= 0.6 is 11.6 Å². The molecule has 1 saturated heterocycles. The van der Waals surface area contributed by atoms with Gasteiger partial charge in [-0.05, 0) is 48.4 Å². The third-order valence-electron chi connectivity index (χ3n) is 4.10. The lowest BCUT2D eigenvalue weighted by Crippen LogP contribution is -2.37. The lowest BCUT2D eigenvalue weighted by Gasteiger charge is -2.17. The smallest absolute Gasteiger partial charge is 0.335 e. The standard InChI is InChI=1S/C18H17ClN2O3/c19-14-5-7-15(8-6-14)21-10-9-16(17(21)22)20-11-12-1-3-13(4-2-12)18(23)24/h1-8,16,20H,9-11H2,(H,23,24). The van der Waals surface area contributed by atoms with Crippen LogP contribution in [0.15, 0.2) is 48.5 Å². The monoisotopic (exact) mass is 344 g/mol. The summed E-state index contributed by atoms with van der Waals surface area (Å²) < 4.78 is 0. The highest BCUT2D eigenvalue weighted by Gasteiger charge is 2.31. The first kappa shape index (κ1) is 16.5. The second-order valence-electron chi connectivity index (χ2n) is 5.69. The molecule has 3 rings (SSSR count). The van der Waals surface area contributed by atoms with E-state index in [9.17, 15) is 9.59 Å². The van der Waals surface area contributed by atoms with Gasteiger partial charge in [-0.1, -0.05) is 23.7 Å². The molecule has 2 N–H and O–H groups in total. The summed E-state index contributed by atoms with van der Waals surface area (Å²) in [4.78, 5) is 25.1. The van der Waals surface area contributed by atoms with Crippen LogP contribution in [0.25, 0.3) is 0 Å². The summed E-state index contributed by atoms with van der Waals surface area (Å²) in [7, 11) is 0. The molecule has 1 aliphatic rings. The molecule has 0 radical (unpaired) electrons. The quantitative estimate of drug-likeness (QED) is 0.875. The van der Waals surface area contributed by atoms with E-state index in [1.807, 2.05) is 12.1 Å². The summed E-state index contributed by atoms with van der Waals surface area (Å²) in [6, 6.07) is 13.6. The molecule has 0 spiro atoms. The van der Waals surface area contributed by atoms with Crippen molar-refractivity contribution < 1.29 is 14.7 Å². The zero-order valence-electron chi connectivity index (χ0n) is 12.9. The van der Waals surface area contributed by atoms with Crippen LogP contribution in [-0.4, -0.2) is 29.6 Å². The molecule has 1 aliphatic heterocycles. The second-order valence-corrected chi connectivity index (χ2v) is 6.13. The summed E-state index contributed by atoms with van der Waals surface area (Å²) in [5.74, 6) is -0.904. The van der Waals surface area contributed by atoms with Gasteiger partial charge in [0.05, 0.1) is 11.6 Å². The minimum absolute atomic E-state index is 0.0412. The summed E-state index contributed by atoms with van der Waals surface area (Å²) in [5.41, 5.74) is 2.04. The molecule has 0 aliphatic carbocycles. The average molecular weight is 345 g/mol. The van der Waals surface area contributed by atoms with Gasteiger partial charge in [-0.15, -0.1) is 0 Å². The Balaban J connectivity index is 1.59. The van der Waals surface area contributed by atoms with E-state index >= 15 is 0 Å². The van der Waals surface area contributed by atoms with Crippen LogP contribution in [0.1, 0.15) is 22.3 Å². The van der Waals surface area contributed by atoms with Gasteiger partial charge in [-0.25, -0.2) is 4.79 Å². The molecule has 0 aromatic heterocycles. The third kappa shape index (κ3) is 3.58. The number of anilines is 1. The molecule has 1 heterocycles. The second kappa shape index (κ2) is 7.03. The highest BCUT2D eigenvalue weighted by molar-refractivity contribution is 6.30. The third-order valence-corrected chi connectivity index (χ3v) is 4.35. The molecule has 0 saturated carbocycles. The minimum atomic E-state index is -0.945. The fraction of sp³-hybridized carbons (Fsp3) is 0.222. The first-order chi connectivity index (χ1) is 11.5. The van der Waals surface area contributed by atoms with Crippen LogP contribution in [0, 0.1) is 0 Å². The number of carbonyl (C=O) groups excluding carboxylic acids is 1. The van der Waals surface area contributed by atoms with Gasteiger partial charge >= 0.3 is 5.97 Å². The van der Waals surface area contributed by atoms with Crippen LogP contribution in [0.4, 0.5) is 5.69 Å². The highest BCUT2D eigenvalue weighted by Crippen LogP contribution is 2.23. The number of carboxylic acid groups (broad SMARTS) is 1. The number of aromatic carboxylic acids is 1. The molecular weight excluding hydrogens is 328 g/mol. The molecule has 2 aromatic rings. The van der Waals surface area contributed by atoms with Crippen molar-refractivity contribution >= 4 is 29.2 Å². The van der Waals surface area contributed by atoms with Gasteiger partial charge in [-0.3, -0.25) is 4.79 Å². The zero-order valence-corrected chi connectivity index (χ0v) is 13.7. The van der Waals surface area contributed by atoms with E-state index in [-0.39, 0.29) is 17.5 Å². The molecule has 1 unspecified atom stereocenters. The number of nitrogens with zero attached hydrogens (tertiary/aromatic N) is 1. The van der Waals surface area contributed by atoms with Gasteiger partial charge in [0.25, 0.3) is 0 Å². The number of carbonyl (C=O) groups is 2. The van der Waals surface area contributed by atoms with Crippen molar-refractivity contribution in [3.8, 4) is 0 Å². The fourth-order valence-electron chi connectivity index (χ4n) is 2.75. The molecule has 2 aromatic carbocycles. The largest absolute Gasteiger partial charge is 0.478 e. The van der Waals surface area contributed by atoms with E-state index in [2.05, 4.69) is 5.32 Å². The number of nitrogens with one attached hydrogen (secondary N) is 1. The zero-order chi connectivity index (χ0) is 17.1. The van der Waals surface area contributed by atoms with Gasteiger partial charge in [0.2, 0.25) is 5.91 Å². The predicted molar refractivity (Wildman–Crippen MR) is 92.5 cm³/mol. The van der Waals surface area contributed by atoms with E-state index in [0.717, 1.165) is 17.7 Å². The van der Waals surface area contributed by atoms with Crippen molar-refractivity contribution in [3.05, 3.63) is 64.7 Å². The highest BCUT2D eigenvalue weighted by atomic mass is 35.5. The van der Waals surface area contributed by atoms with Gasteiger partial charge in [-0.2, -0.15) is 0 Å². The maximum Gasteiger partial charge on any atom is 0.335 e. The van der Waals surface area contributed by atoms with Gasteiger partial charge < -0.3 is 15.3 Å². The Kier molecular flexibility index (Phi) is 4.83. The molecule has 5 nitrogen and oxygen atoms in total. The Bertz CT molecular complexity index is 744. The number of hydrogen-bond donors (Lipinski definition) is 2. The Hall–Kier alpha value is -2.37. The molecule has 1 fully saturated rings. The Morgan fingerprint density at radius 3 is 2.46 bits per heavy atom. The predicted octanol–water partition coefficient (Wildman–Crippen LogP) is 2.93. The van der Waals surface area contributed by atoms with Crippen molar-refractivity contribution in [2.45, 2.75) is 19.0 Å². The van der Waals surface area contributed by atoms with Crippen LogP contribution in [0.2, 0.25) is 5.02 Å². The normalized spacial score (nSPS) is 17.3. The summed E-state index contributed by atoms with van der Waals surface area (Å²) in [5, 5.41) is 12.8. The lowest BCUT2D eigenvalue weighted by atomic mass is 10.1. The van der Waals surface area contributed by atoms with Crippen molar-refractivity contribution in [3.63, 3.8) is 0 Å². The van der Waals surface area contributed by atoms with E-state index in [1.165, 1.54) is 0 Å². The minimum Gasteiger partial charge on any atom is -0.478 e. The van der Waals surface area contributed by atoms with Crippen LogP contribution in [0.5, 0.6) is 0 Å². The van der Waals surface area contributed by atoms with E-state index < -0.39 is 5.97 Å². The lowest BCUT2D eigenvalue weighted by molar-refractivity contribution is -0.118. The molecule has 1 atom stereocenters. The van der Waals surface area contributed by atoms with Crippen molar-refractivity contribution in [1.29, 1.82) is 0 Å². The number of rotatable bonds is 5. The molecule has 24 heavy (non-hydrogen) atoms. The number of hydrogen-bond acceptors (Lipinski definition) is 3. The average Bonchev–Trinajstić information content (AvgIpc) is 2.95. The Morgan fingerprint density at radius 1 is 1.17 bits per heavy atom. The Labute approximate surface area is 144 Å². The number of halogens is 1. The molecular formula is C18H17ClN2O3. The first-order valence-corrected chi connectivity index (χ1v) is 8.05.